The highest BCUT2D eigenvalue weighted by Gasteiger charge is 2.33. The topological polar surface area (TPSA) is 68.8 Å². The van der Waals surface area contributed by atoms with Crippen LogP contribution in [0.2, 0.25) is 0 Å². The Kier molecular flexibility index (Phi) is 2.88. The van der Waals surface area contributed by atoms with E-state index in [0.717, 1.165) is 31.5 Å². The predicted molar refractivity (Wildman–Crippen MR) is 64.0 cm³/mol. The summed E-state index contributed by atoms with van der Waals surface area (Å²) in [6.07, 6.45) is 5.48. The van der Waals surface area contributed by atoms with E-state index in [1.165, 1.54) is 0 Å². The highest BCUT2D eigenvalue weighted by atomic mass is 15.2. The number of nitrogens with two attached hydrogens (primary N) is 1. The second-order valence-corrected chi connectivity index (χ2v) is 4.67. The molecule has 0 atom stereocenters. The fourth-order valence-corrected chi connectivity index (χ4v) is 2.35. The lowest BCUT2D eigenvalue weighted by Gasteiger charge is -2.37. The minimum absolute atomic E-state index is 0.490. The monoisotopic (exact) mass is 218 g/mol. The van der Waals surface area contributed by atoms with Gasteiger partial charge < -0.3 is 15.6 Å². The van der Waals surface area contributed by atoms with Gasteiger partial charge in [0, 0.05) is 19.3 Å². The van der Waals surface area contributed by atoms with Crippen molar-refractivity contribution in [1.82, 2.24) is 4.98 Å². The number of nitrogens with one attached hydrogen (secondary N) is 1. The molecule has 1 aromatic heterocycles. The molecule has 1 aromatic rings. The summed E-state index contributed by atoms with van der Waals surface area (Å²) in [4.78, 5) is 5.45. The molecule has 0 spiro atoms. The Morgan fingerprint density at radius 3 is 2.75 bits per heavy atom. The molecule has 4 nitrogen and oxygen atoms in total. The molecule has 1 aliphatic rings. The summed E-state index contributed by atoms with van der Waals surface area (Å²) < 4.78 is 0. The fraction of sp³-hybridized carbons (Fsp3) is 0.583. The molecule has 1 saturated carbocycles. The van der Waals surface area contributed by atoms with Crippen LogP contribution in [0.5, 0.6) is 0 Å². The third-order valence-electron chi connectivity index (χ3n) is 3.58. The SMILES string of the molecule is CN(c1ccc[nH]1)C1CCC(N)(C#N)CC1. The Balaban J connectivity index is 1.97. The molecule has 4 heteroatoms. The quantitative estimate of drug-likeness (QED) is 0.792. The highest BCUT2D eigenvalue weighted by molar-refractivity contribution is 5.39. The molecule has 0 radical (unpaired) electrons. The molecule has 0 saturated heterocycles. The summed E-state index contributed by atoms with van der Waals surface area (Å²) in [7, 11) is 2.09. The molecule has 2 rings (SSSR count). The fourth-order valence-electron chi connectivity index (χ4n) is 2.35. The highest BCUT2D eigenvalue weighted by Crippen LogP contribution is 2.29. The number of nitrogens with zero attached hydrogens (tertiary/aromatic N) is 2. The Labute approximate surface area is 96.0 Å². The van der Waals surface area contributed by atoms with Gasteiger partial charge in [-0.05, 0) is 37.8 Å². The predicted octanol–water partition coefficient (Wildman–Crippen LogP) is 1.61. The first kappa shape index (κ1) is 11.0. The van der Waals surface area contributed by atoms with Gasteiger partial charge in [0.25, 0.3) is 0 Å². The lowest BCUT2D eigenvalue weighted by atomic mass is 9.81. The van der Waals surface area contributed by atoms with Crippen LogP contribution in [-0.4, -0.2) is 23.6 Å². The maximum Gasteiger partial charge on any atom is 0.105 e. The summed E-state index contributed by atoms with van der Waals surface area (Å²) in [6.45, 7) is 0. The van der Waals surface area contributed by atoms with Crippen molar-refractivity contribution in [1.29, 1.82) is 5.26 Å². The second-order valence-electron chi connectivity index (χ2n) is 4.67. The first-order chi connectivity index (χ1) is 7.64. The number of aromatic amines is 1. The van der Waals surface area contributed by atoms with Gasteiger partial charge in [-0.1, -0.05) is 0 Å². The maximum atomic E-state index is 8.96. The van der Waals surface area contributed by atoms with Gasteiger partial charge >= 0.3 is 0 Å². The zero-order valence-electron chi connectivity index (χ0n) is 9.61. The van der Waals surface area contributed by atoms with E-state index in [0.29, 0.717) is 6.04 Å². The van der Waals surface area contributed by atoms with E-state index in [1.807, 2.05) is 12.3 Å². The van der Waals surface area contributed by atoms with Crippen LogP contribution in [0.25, 0.3) is 0 Å². The minimum Gasteiger partial charge on any atom is -0.358 e. The van der Waals surface area contributed by atoms with E-state index in [1.54, 1.807) is 0 Å². The first-order valence-corrected chi connectivity index (χ1v) is 5.71. The lowest BCUT2D eigenvalue weighted by molar-refractivity contribution is 0.327. The van der Waals surface area contributed by atoms with Gasteiger partial charge in [0.2, 0.25) is 0 Å². The van der Waals surface area contributed by atoms with Gasteiger partial charge in [-0.3, -0.25) is 0 Å². The van der Waals surface area contributed by atoms with Gasteiger partial charge in [-0.2, -0.15) is 5.26 Å². The summed E-state index contributed by atoms with van der Waals surface area (Å²) in [5.41, 5.74) is 5.36. The Hall–Kier alpha value is -1.47. The second kappa shape index (κ2) is 4.18. The van der Waals surface area contributed by atoms with Crippen molar-refractivity contribution in [2.75, 3.05) is 11.9 Å². The Morgan fingerprint density at radius 2 is 2.25 bits per heavy atom. The van der Waals surface area contributed by atoms with E-state index >= 15 is 0 Å². The van der Waals surface area contributed by atoms with Crippen molar-refractivity contribution in [3.05, 3.63) is 18.3 Å². The number of hydrogen-bond acceptors (Lipinski definition) is 3. The van der Waals surface area contributed by atoms with Gasteiger partial charge in [-0.25, -0.2) is 0 Å². The summed E-state index contributed by atoms with van der Waals surface area (Å²) in [5, 5.41) is 8.96. The van der Waals surface area contributed by atoms with Crippen LogP contribution < -0.4 is 10.6 Å². The van der Waals surface area contributed by atoms with E-state index in [9.17, 15) is 0 Å². The maximum absolute atomic E-state index is 8.96. The van der Waals surface area contributed by atoms with Crippen LogP contribution in [0.4, 0.5) is 5.82 Å². The average molecular weight is 218 g/mol. The normalized spacial score (nSPS) is 29.7. The van der Waals surface area contributed by atoms with Crippen LogP contribution in [0.1, 0.15) is 25.7 Å². The molecular formula is C12H18N4. The number of nitriles is 1. The molecule has 86 valence electrons. The summed E-state index contributed by atoms with van der Waals surface area (Å²) in [6, 6.07) is 6.78. The van der Waals surface area contributed by atoms with Crippen LogP contribution in [0.3, 0.4) is 0 Å². The number of rotatable bonds is 2. The van der Waals surface area contributed by atoms with Gasteiger partial charge in [-0.15, -0.1) is 0 Å². The third kappa shape index (κ3) is 2.05. The largest absolute Gasteiger partial charge is 0.358 e. The number of aromatic nitrogens is 1. The molecule has 0 bridgehead atoms. The lowest BCUT2D eigenvalue weighted by Crippen LogP contribution is -2.46. The van der Waals surface area contributed by atoms with Crippen molar-refractivity contribution < 1.29 is 0 Å². The van der Waals surface area contributed by atoms with Crippen molar-refractivity contribution in [3.63, 3.8) is 0 Å². The van der Waals surface area contributed by atoms with Gasteiger partial charge in [0.05, 0.1) is 6.07 Å². The van der Waals surface area contributed by atoms with Gasteiger partial charge in [0.15, 0.2) is 0 Å². The molecule has 1 heterocycles. The van der Waals surface area contributed by atoms with Crippen molar-refractivity contribution >= 4 is 5.82 Å². The van der Waals surface area contributed by atoms with Gasteiger partial charge in [0.1, 0.15) is 11.4 Å². The van der Waals surface area contributed by atoms with Crippen LogP contribution in [-0.2, 0) is 0 Å². The van der Waals surface area contributed by atoms with Crippen molar-refractivity contribution in [2.45, 2.75) is 37.3 Å². The molecule has 1 fully saturated rings. The van der Waals surface area contributed by atoms with E-state index < -0.39 is 5.54 Å². The molecule has 16 heavy (non-hydrogen) atoms. The summed E-state index contributed by atoms with van der Waals surface area (Å²) >= 11 is 0. The zero-order valence-corrected chi connectivity index (χ0v) is 9.61. The van der Waals surface area contributed by atoms with Crippen molar-refractivity contribution in [2.24, 2.45) is 5.73 Å². The summed E-state index contributed by atoms with van der Waals surface area (Å²) in [5.74, 6) is 1.13. The zero-order chi connectivity index (χ0) is 11.6. The van der Waals surface area contributed by atoms with Crippen LogP contribution in [0.15, 0.2) is 18.3 Å². The molecule has 0 aliphatic heterocycles. The molecule has 0 unspecified atom stereocenters. The van der Waals surface area contributed by atoms with E-state index in [4.69, 9.17) is 11.0 Å². The standard InChI is InChI=1S/C12H18N4/c1-16(11-3-2-8-15-11)10-4-6-12(14,9-13)7-5-10/h2-3,8,10,15H,4-7,14H2,1H3. The Morgan fingerprint density at radius 1 is 1.56 bits per heavy atom. The number of hydrogen-bond donors (Lipinski definition) is 2. The van der Waals surface area contributed by atoms with Crippen molar-refractivity contribution in [3.8, 4) is 6.07 Å². The third-order valence-corrected chi connectivity index (χ3v) is 3.58. The average Bonchev–Trinajstić information content (AvgIpc) is 2.83. The number of H-pyrrole nitrogens is 1. The molecular weight excluding hydrogens is 200 g/mol. The molecule has 3 N–H and O–H groups in total. The minimum atomic E-state index is -0.590. The van der Waals surface area contributed by atoms with E-state index in [2.05, 4.69) is 29.1 Å². The Bertz CT molecular complexity index is 368. The van der Waals surface area contributed by atoms with E-state index in [-0.39, 0.29) is 0 Å². The molecule has 1 aliphatic carbocycles. The molecule has 0 amide bonds. The first-order valence-electron chi connectivity index (χ1n) is 5.71. The molecule has 0 aromatic carbocycles. The number of anilines is 1. The van der Waals surface area contributed by atoms with Crippen LogP contribution >= 0.6 is 0 Å². The van der Waals surface area contributed by atoms with Crippen LogP contribution in [0, 0.1) is 11.3 Å². The smallest absolute Gasteiger partial charge is 0.105 e.